The van der Waals surface area contributed by atoms with Crippen molar-refractivity contribution in [3.05, 3.63) is 28.8 Å². The van der Waals surface area contributed by atoms with Gasteiger partial charge in [0.25, 0.3) is 0 Å². The van der Waals surface area contributed by atoms with Crippen LogP contribution in [0.25, 0.3) is 0 Å². The molecule has 5 heteroatoms. The summed E-state index contributed by atoms with van der Waals surface area (Å²) < 4.78 is 0. The highest BCUT2D eigenvalue weighted by atomic mass is 35.5. The molecule has 1 aromatic carbocycles. The third-order valence-electron chi connectivity index (χ3n) is 3.04. The number of rotatable bonds is 2. The molecule has 0 bridgehead atoms. The molecule has 94 valence electrons. The molecule has 0 saturated heterocycles. The maximum atomic E-state index is 11.7. The van der Waals surface area contributed by atoms with Gasteiger partial charge in [-0.15, -0.1) is 0 Å². The lowest BCUT2D eigenvalue weighted by atomic mass is 10.2. The molecule has 0 aliphatic heterocycles. The number of anilines is 1. The van der Waals surface area contributed by atoms with Crippen molar-refractivity contribution in [2.75, 3.05) is 5.32 Å². The Kier molecular flexibility index (Phi) is 4.06. The summed E-state index contributed by atoms with van der Waals surface area (Å²) in [4.78, 5) is 11.7. The van der Waals surface area contributed by atoms with Gasteiger partial charge in [0.2, 0.25) is 0 Å². The number of hydrogen-bond acceptors (Lipinski definition) is 2. The zero-order valence-corrected chi connectivity index (χ0v) is 10.6. The minimum Gasteiger partial charge on any atom is -0.335 e. The molecule has 0 unspecified atom stereocenters. The Morgan fingerprint density at radius 2 is 2.11 bits per heavy atom. The highest BCUT2D eigenvalue weighted by molar-refractivity contribution is 6.33. The minimum atomic E-state index is -0.242. The Balaban J connectivity index is 1.96. The van der Waals surface area contributed by atoms with E-state index in [-0.39, 0.29) is 12.1 Å². The molecule has 1 aromatic rings. The molecule has 4 nitrogen and oxygen atoms in total. The molecule has 0 spiro atoms. The lowest BCUT2D eigenvalue weighted by Crippen LogP contribution is -2.36. The summed E-state index contributed by atoms with van der Waals surface area (Å²) in [6.07, 6.45) is 4.41. The van der Waals surface area contributed by atoms with Crippen LogP contribution in [0.5, 0.6) is 0 Å². The summed E-state index contributed by atoms with van der Waals surface area (Å²) in [6, 6.07) is 6.81. The molecule has 2 rings (SSSR count). The molecule has 0 atom stereocenters. The van der Waals surface area contributed by atoms with Crippen LogP contribution >= 0.6 is 11.6 Å². The minimum absolute atomic E-state index is 0.242. The van der Waals surface area contributed by atoms with Gasteiger partial charge in [-0.1, -0.05) is 24.4 Å². The molecule has 18 heavy (non-hydrogen) atoms. The monoisotopic (exact) mass is 263 g/mol. The van der Waals surface area contributed by atoms with Crippen molar-refractivity contribution in [1.29, 1.82) is 5.26 Å². The number of carbonyl (C=O) groups is 1. The normalized spacial score (nSPS) is 15.1. The molecule has 1 saturated carbocycles. The Labute approximate surface area is 111 Å². The maximum absolute atomic E-state index is 11.7. The predicted molar refractivity (Wildman–Crippen MR) is 70.6 cm³/mol. The number of nitrogens with one attached hydrogen (secondary N) is 2. The number of nitriles is 1. The van der Waals surface area contributed by atoms with Gasteiger partial charge < -0.3 is 10.6 Å². The topological polar surface area (TPSA) is 64.9 Å². The Morgan fingerprint density at radius 3 is 2.72 bits per heavy atom. The standard InChI is InChI=1S/C13H14ClN3O/c14-11-7-9(8-15)5-6-12(11)17-13(18)16-10-3-1-2-4-10/h5-7,10H,1-4H2,(H2,16,17,18). The lowest BCUT2D eigenvalue weighted by molar-refractivity contribution is 0.248. The molecular weight excluding hydrogens is 250 g/mol. The van der Waals surface area contributed by atoms with Crippen molar-refractivity contribution in [3.63, 3.8) is 0 Å². The van der Waals surface area contributed by atoms with Crippen LogP contribution in [-0.4, -0.2) is 12.1 Å². The van der Waals surface area contributed by atoms with Gasteiger partial charge in [-0.3, -0.25) is 0 Å². The van der Waals surface area contributed by atoms with E-state index in [9.17, 15) is 4.79 Å². The molecule has 0 radical (unpaired) electrons. The van der Waals surface area contributed by atoms with E-state index in [2.05, 4.69) is 10.6 Å². The molecule has 1 aliphatic rings. The van der Waals surface area contributed by atoms with E-state index in [1.54, 1.807) is 12.1 Å². The average Bonchev–Trinajstić information content (AvgIpc) is 2.84. The first-order valence-electron chi connectivity index (χ1n) is 5.96. The zero-order valence-electron chi connectivity index (χ0n) is 9.87. The zero-order chi connectivity index (χ0) is 13.0. The number of nitrogens with zero attached hydrogens (tertiary/aromatic N) is 1. The van der Waals surface area contributed by atoms with Crippen LogP contribution in [0, 0.1) is 11.3 Å². The molecule has 1 aliphatic carbocycles. The van der Waals surface area contributed by atoms with Gasteiger partial charge in [-0.05, 0) is 31.0 Å². The first-order valence-corrected chi connectivity index (χ1v) is 6.34. The van der Waals surface area contributed by atoms with Gasteiger partial charge in [0.15, 0.2) is 0 Å². The number of urea groups is 1. The van der Waals surface area contributed by atoms with Gasteiger partial charge in [-0.25, -0.2) is 4.79 Å². The van der Waals surface area contributed by atoms with Crippen LogP contribution in [0.2, 0.25) is 5.02 Å². The molecular formula is C13H14ClN3O. The fourth-order valence-electron chi connectivity index (χ4n) is 2.10. The van der Waals surface area contributed by atoms with Gasteiger partial charge in [0, 0.05) is 6.04 Å². The lowest BCUT2D eigenvalue weighted by Gasteiger charge is -2.13. The maximum Gasteiger partial charge on any atom is 0.319 e. The van der Waals surface area contributed by atoms with Crippen molar-refractivity contribution in [2.45, 2.75) is 31.7 Å². The molecule has 1 fully saturated rings. The quantitative estimate of drug-likeness (QED) is 0.860. The van der Waals surface area contributed by atoms with Crippen molar-refractivity contribution in [2.24, 2.45) is 0 Å². The SMILES string of the molecule is N#Cc1ccc(NC(=O)NC2CCCC2)c(Cl)c1. The first-order chi connectivity index (χ1) is 8.69. The van der Waals surface area contributed by atoms with E-state index >= 15 is 0 Å². The largest absolute Gasteiger partial charge is 0.335 e. The van der Waals surface area contributed by atoms with Crippen molar-refractivity contribution < 1.29 is 4.79 Å². The van der Waals surface area contributed by atoms with Crippen LogP contribution in [0.15, 0.2) is 18.2 Å². The summed E-state index contributed by atoms with van der Waals surface area (Å²) in [7, 11) is 0. The highest BCUT2D eigenvalue weighted by Gasteiger charge is 2.17. The van der Waals surface area contributed by atoms with E-state index in [1.807, 2.05) is 6.07 Å². The van der Waals surface area contributed by atoms with E-state index in [1.165, 1.54) is 18.9 Å². The Bertz CT molecular complexity index is 489. The molecule has 0 heterocycles. The number of carbonyl (C=O) groups excluding carboxylic acids is 1. The van der Waals surface area contributed by atoms with Gasteiger partial charge >= 0.3 is 6.03 Å². The van der Waals surface area contributed by atoms with Crippen LogP contribution in [0.3, 0.4) is 0 Å². The van der Waals surface area contributed by atoms with Crippen LogP contribution in [0.4, 0.5) is 10.5 Å². The highest BCUT2D eigenvalue weighted by Crippen LogP contribution is 2.23. The predicted octanol–water partition coefficient (Wildman–Crippen LogP) is 3.28. The van der Waals surface area contributed by atoms with Gasteiger partial charge in [0.1, 0.15) is 0 Å². The third-order valence-corrected chi connectivity index (χ3v) is 3.35. The third kappa shape index (κ3) is 3.14. The summed E-state index contributed by atoms with van der Waals surface area (Å²) in [5, 5.41) is 14.7. The van der Waals surface area contributed by atoms with E-state index < -0.39 is 0 Å². The number of benzene rings is 1. The average molecular weight is 264 g/mol. The number of amides is 2. The molecule has 2 N–H and O–H groups in total. The Morgan fingerprint density at radius 1 is 1.39 bits per heavy atom. The Hall–Kier alpha value is -1.73. The van der Waals surface area contributed by atoms with E-state index in [4.69, 9.17) is 16.9 Å². The van der Waals surface area contributed by atoms with Crippen molar-refractivity contribution >= 4 is 23.3 Å². The van der Waals surface area contributed by atoms with E-state index in [0.717, 1.165) is 12.8 Å². The van der Waals surface area contributed by atoms with Crippen LogP contribution < -0.4 is 10.6 Å². The smallest absolute Gasteiger partial charge is 0.319 e. The fourth-order valence-corrected chi connectivity index (χ4v) is 2.33. The summed E-state index contributed by atoms with van der Waals surface area (Å²) in [5.41, 5.74) is 0.993. The second kappa shape index (κ2) is 5.74. The summed E-state index contributed by atoms with van der Waals surface area (Å²) in [5.74, 6) is 0. The van der Waals surface area contributed by atoms with Crippen LogP contribution in [0.1, 0.15) is 31.2 Å². The van der Waals surface area contributed by atoms with Crippen molar-refractivity contribution in [1.82, 2.24) is 5.32 Å². The van der Waals surface area contributed by atoms with Crippen LogP contribution in [-0.2, 0) is 0 Å². The fraction of sp³-hybridized carbons (Fsp3) is 0.385. The summed E-state index contributed by atoms with van der Waals surface area (Å²) >= 11 is 5.98. The first kappa shape index (κ1) is 12.7. The summed E-state index contributed by atoms with van der Waals surface area (Å²) in [6.45, 7) is 0. The number of hydrogen-bond donors (Lipinski definition) is 2. The molecule has 2 amide bonds. The molecule has 0 aromatic heterocycles. The van der Waals surface area contributed by atoms with Gasteiger partial charge in [-0.2, -0.15) is 5.26 Å². The van der Waals surface area contributed by atoms with E-state index in [0.29, 0.717) is 16.3 Å². The second-order valence-electron chi connectivity index (χ2n) is 4.39. The van der Waals surface area contributed by atoms with Gasteiger partial charge in [0.05, 0.1) is 22.3 Å². The number of halogens is 1. The second-order valence-corrected chi connectivity index (χ2v) is 4.79. The van der Waals surface area contributed by atoms with Crippen molar-refractivity contribution in [3.8, 4) is 6.07 Å².